The van der Waals surface area contributed by atoms with E-state index in [9.17, 15) is 0 Å². The van der Waals surface area contributed by atoms with Gasteiger partial charge >= 0.3 is 7.12 Å². The highest BCUT2D eigenvalue weighted by atomic mass is 16.7. The second-order valence-corrected chi connectivity index (χ2v) is 8.49. The smallest absolute Gasteiger partial charge is 0.403 e. The fourth-order valence-corrected chi connectivity index (χ4v) is 2.49. The standard InChI is InChI=1S/C17H31BN2O2/c1-13(2)14-9-11-20(19-14)12-10-15(3,4)18-21-16(5,6)17(7,8)22-18/h9,11,13H,10,12H2,1-8H3. The summed E-state index contributed by atoms with van der Waals surface area (Å²) in [6.45, 7) is 18.0. The van der Waals surface area contributed by atoms with Crippen LogP contribution in [0.2, 0.25) is 5.31 Å². The number of hydrogen-bond acceptors (Lipinski definition) is 3. The quantitative estimate of drug-likeness (QED) is 0.762. The summed E-state index contributed by atoms with van der Waals surface area (Å²) in [6.07, 6.45) is 3.03. The van der Waals surface area contributed by atoms with Gasteiger partial charge in [-0.15, -0.1) is 0 Å². The Labute approximate surface area is 135 Å². The number of aryl methyl sites for hydroxylation is 1. The van der Waals surface area contributed by atoms with Crippen LogP contribution < -0.4 is 0 Å². The van der Waals surface area contributed by atoms with Crippen molar-refractivity contribution in [1.29, 1.82) is 0 Å². The molecule has 2 heterocycles. The molecule has 0 atom stereocenters. The van der Waals surface area contributed by atoms with Gasteiger partial charge < -0.3 is 9.31 Å². The molecule has 5 heteroatoms. The molecule has 2 rings (SSSR count). The molecule has 0 aliphatic carbocycles. The lowest BCUT2D eigenvalue weighted by atomic mass is 9.58. The maximum atomic E-state index is 6.21. The first kappa shape index (κ1) is 17.5. The molecule has 0 aromatic carbocycles. The fraction of sp³-hybridized carbons (Fsp3) is 0.824. The van der Waals surface area contributed by atoms with Crippen LogP contribution in [0.15, 0.2) is 12.3 Å². The van der Waals surface area contributed by atoms with Crippen LogP contribution in [0.4, 0.5) is 0 Å². The Morgan fingerprint density at radius 1 is 1.18 bits per heavy atom. The van der Waals surface area contributed by atoms with Crippen LogP contribution in [0, 0.1) is 0 Å². The molecule has 0 bridgehead atoms. The van der Waals surface area contributed by atoms with Crippen molar-refractivity contribution in [2.75, 3.05) is 0 Å². The summed E-state index contributed by atoms with van der Waals surface area (Å²) in [7, 11) is -0.183. The minimum absolute atomic E-state index is 0.0605. The molecule has 1 aliphatic heterocycles. The monoisotopic (exact) mass is 306 g/mol. The minimum atomic E-state index is -0.272. The summed E-state index contributed by atoms with van der Waals surface area (Å²) >= 11 is 0. The third kappa shape index (κ3) is 3.41. The van der Waals surface area contributed by atoms with Crippen molar-refractivity contribution >= 4 is 7.12 Å². The normalized spacial score (nSPS) is 20.9. The first-order valence-corrected chi connectivity index (χ1v) is 8.34. The van der Waals surface area contributed by atoms with Gasteiger partial charge in [0.05, 0.1) is 16.9 Å². The van der Waals surface area contributed by atoms with Crippen LogP contribution in [0.1, 0.15) is 73.4 Å². The third-order valence-corrected chi connectivity index (χ3v) is 5.13. The van der Waals surface area contributed by atoms with Crippen LogP contribution in [0.5, 0.6) is 0 Å². The van der Waals surface area contributed by atoms with Gasteiger partial charge in [0.25, 0.3) is 0 Å². The third-order valence-electron chi connectivity index (χ3n) is 5.13. The average molecular weight is 306 g/mol. The van der Waals surface area contributed by atoms with Gasteiger partial charge in [0, 0.05) is 18.1 Å². The topological polar surface area (TPSA) is 36.3 Å². The minimum Gasteiger partial charge on any atom is -0.403 e. The molecular weight excluding hydrogens is 275 g/mol. The maximum absolute atomic E-state index is 6.21. The van der Waals surface area contributed by atoms with E-state index in [1.165, 1.54) is 0 Å². The van der Waals surface area contributed by atoms with Crippen molar-refractivity contribution < 1.29 is 9.31 Å². The Bertz CT molecular complexity index is 504. The summed E-state index contributed by atoms with van der Waals surface area (Å²) in [5.74, 6) is 0.470. The van der Waals surface area contributed by atoms with Crippen LogP contribution >= 0.6 is 0 Å². The molecular formula is C17H31BN2O2. The fourth-order valence-electron chi connectivity index (χ4n) is 2.49. The van der Waals surface area contributed by atoms with Crippen molar-refractivity contribution in [3.8, 4) is 0 Å². The lowest BCUT2D eigenvalue weighted by molar-refractivity contribution is 0.00578. The zero-order valence-electron chi connectivity index (χ0n) is 15.4. The highest BCUT2D eigenvalue weighted by molar-refractivity contribution is 6.49. The summed E-state index contributed by atoms with van der Waals surface area (Å²) in [5.41, 5.74) is 0.602. The van der Waals surface area contributed by atoms with E-state index in [2.05, 4.69) is 72.8 Å². The average Bonchev–Trinajstić information content (AvgIpc) is 2.91. The predicted octanol–water partition coefficient (Wildman–Crippen LogP) is 4.27. The highest BCUT2D eigenvalue weighted by Gasteiger charge is 2.56. The van der Waals surface area contributed by atoms with Gasteiger partial charge in [-0.3, -0.25) is 4.68 Å². The van der Waals surface area contributed by atoms with E-state index in [0.717, 1.165) is 18.7 Å². The van der Waals surface area contributed by atoms with E-state index in [0.29, 0.717) is 5.92 Å². The van der Waals surface area contributed by atoms with Crippen molar-refractivity contribution in [2.45, 2.75) is 90.8 Å². The molecule has 1 aromatic rings. The van der Waals surface area contributed by atoms with Crippen molar-refractivity contribution in [1.82, 2.24) is 9.78 Å². The van der Waals surface area contributed by atoms with Gasteiger partial charge in [-0.1, -0.05) is 27.7 Å². The first-order valence-electron chi connectivity index (χ1n) is 8.34. The lowest BCUT2D eigenvalue weighted by Gasteiger charge is -2.32. The van der Waals surface area contributed by atoms with Crippen molar-refractivity contribution in [3.05, 3.63) is 18.0 Å². The van der Waals surface area contributed by atoms with Crippen LogP contribution in [-0.4, -0.2) is 28.1 Å². The highest BCUT2D eigenvalue weighted by Crippen LogP contribution is 2.46. The van der Waals surface area contributed by atoms with Gasteiger partial charge in [-0.2, -0.15) is 5.10 Å². The molecule has 1 fully saturated rings. The molecule has 4 nitrogen and oxygen atoms in total. The van der Waals surface area contributed by atoms with Crippen LogP contribution in [-0.2, 0) is 15.9 Å². The SMILES string of the molecule is CC(C)c1ccn(CCC(C)(C)B2OC(C)(C)C(C)(C)O2)n1. The zero-order chi connectivity index (χ0) is 16.8. The Hall–Kier alpha value is -0.805. The molecule has 1 aromatic heterocycles. The summed E-state index contributed by atoms with van der Waals surface area (Å²) in [6, 6.07) is 2.10. The Morgan fingerprint density at radius 3 is 2.18 bits per heavy atom. The molecule has 1 aliphatic rings. The first-order chi connectivity index (χ1) is 9.95. The van der Waals surface area contributed by atoms with Crippen molar-refractivity contribution in [3.63, 3.8) is 0 Å². The molecule has 22 heavy (non-hydrogen) atoms. The molecule has 0 unspecified atom stereocenters. The molecule has 0 spiro atoms. The second-order valence-electron chi connectivity index (χ2n) is 8.49. The second kappa shape index (κ2) is 5.68. The zero-order valence-corrected chi connectivity index (χ0v) is 15.4. The Morgan fingerprint density at radius 2 is 1.73 bits per heavy atom. The van der Waals surface area contributed by atoms with Gasteiger partial charge in [0.2, 0.25) is 0 Å². The van der Waals surface area contributed by atoms with Gasteiger partial charge in [0.15, 0.2) is 0 Å². The number of hydrogen-bond donors (Lipinski definition) is 0. The van der Waals surface area contributed by atoms with Crippen LogP contribution in [0.3, 0.4) is 0 Å². The van der Waals surface area contributed by atoms with Gasteiger partial charge in [-0.05, 0) is 46.1 Å². The molecule has 0 radical (unpaired) electrons. The molecule has 0 N–H and O–H groups in total. The van der Waals surface area contributed by atoms with E-state index in [4.69, 9.17) is 9.31 Å². The van der Waals surface area contributed by atoms with E-state index >= 15 is 0 Å². The summed E-state index contributed by atoms with van der Waals surface area (Å²) in [4.78, 5) is 0. The molecule has 124 valence electrons. The number of rotatable bonds is 5. The summed E-state index contributed by atoms with van der Waals surface area (Å²) < 4.78 is 14.4. The lowest BCUT2D eigenvalue weighted by Crippen LogP contribution is -2.41. The number of aromatic nitrogens is 2. The van der Waals surface area contributed by atoms with E-state index < -0.39 is 0 Å². The van der Waals surface area contributed by atoms with Crippen LogP contribution in [0.25, 0.3) is 0 Å². The Balaban J connectivity index is 1.99. The molecule has 0 amide bonds. The predicted molar refractivity (Wildman–Crippen MR) is 91.1 cm³/mol. The largest absolute Gasteiger partial charge is 0.464 e. The van der Waals surface area contributed by atoms with E-state index in [1.54, 1.807) is 0 Å². The summed E-state index contributed by atoms with van der Waals surface area (Å²) in [5, 5.41) is 4.57. The molecule has 0 saturated carbocycles. The Kier molecular flexibility index (Phi) is 4.53. The molecule has 1 saturated heterocycles. The van der Waals surface area contributed by atoms with E-state index in [-0.39, 0.29) is 23.6 Å². The number of nitrogens with zero attached hydrogens (tertiary/aromatic N) is 2. The van der Waals surface area contributed by atoms with E-state index in [1.807, 2.05) is 4.68 Å². The van der Waals surface area contributed by atoms with Gasteiger partial charge in [-0.25, -0.2) is 0 Å². The van der Waals surface area contributed by atoms with Crippen molar-refractivity contribution in [2.24, 2.45) is 0 Å². The van der Waals surface area contributed by atoms with Gasteiger partial charge in [0.1, 0.15) is 0 Å². The maximum Gasteiger partial charge on any atom is 0.464 e.